The van der Waals surface area contributed by atoms with E-state index in [0.29, 0.717) is 0 Å². The Kier molecular flexibility index (Phi) is 4.39. The number of hydrogen-bond donors (Lipinski definition) is 1. The van der Waals surface area contributed by atoms with Crippen LogP contribution in [0.5, 0.6) is 11.5 Å². The Bertz CT molecular complexity index is 552. The number of rotatable bonds is 5. The molecule has 1 heterocycles. The second-order valence-corrected chi connectivity index (χ2v) is 4.65. The van der Waals surface area contributed by atoms with Crippen molar-refractivity contribution in [2.24, 2.45) is 0 Å². The molecule has 0 bridgehead atoms. The Hall–Kier alpha value is -2.03. The summed E-state index contributed by atoms with van der Waals surface area (Å²) in [4.78, 5) is 4.26. The first-order valence-electron chi connectivity index (χ1n) is 6.64. The second kappa shape index (κ2) is 6.23. The maximum absolute atomic E-state index is 5.85. The van der Waals surface area contributed by atoms with Gasteiger partial charge >= 0.3 is 0 Å². The van der Waals surface area contributed by atoms with E-state index in [0.717, 1.165) is 30.3 Å². The number of nitrogens with one attached hydrogen (secondary N) is 1. The van der Waals surface area contributed by atoms with E-state index in [4.69, 9.17) is 4.74 Å². The first-order chi connectivity index (χ1) is 9.19. The smallest absolute Gasteiger partial charge is 0.132 e. The maximum atomic E-state index is 5.85. The van der Waals surface area contributed by atoms with Gasteiger partial charge in [0.15, 0.2) is 0 Å². The molecule has 0 radical (unpaired) electrons. The lowest BCUT2D eigenvalue weighted by Crippen LogP contribution is -2.01. The highest BCUT2D eigenvalue weighted by atomic mass is 16.5. The number of aryl methyl sites for hydroxylation is 2. The molecule has 0 amide bonds. The summed E-state index contributed by atoms with van der Waals surface area (Å²) in [6.45, 7) is 7.23. The van der Waals surface area contributed by atoms with Gasteiger partial charge in [0, 0.05) is 18.8 Å². The van der Waals surface area contributed by atoms with Gasteiger partial charge in [-0.05, 0) is 49.6 Å². The second-order valence-electron chi connectivity index (χ2n) is 4.65. The van der Waals surface area contributed by atoms with Crippen LogP contribution < -0.4 is 10.1 Å². The highest BCUT2D eigenvalue weighted by molar-refractivity contribution is 5.43. The number of nitrogens with zero attached hydrogens (tertiary/aromatic N) is 1. The Labute approximate surface area is 114 Å². The van der Waals surface area contributed by atoms with Crippen molar-refractivity contribution in [3.8, 4) is 11.5 Å². The van der Waals surface area contributed by atoms with E-state index in [-0.39, 0.29) is 0 Å². The minimum Gasteiger partial charge on any atom is -0.457 e. The predicted molar refractivity (Wildman–Crippen MR) is 79.0 cm³/mol. The van der Waals surface area contributed by atoms with Gasteiger partial charge in [-0.3, -0.25) is 0 Å². The third kappa shape index (κ3) is 3.71. The van der Waals surface area contributed by atoms with Gasteiger partial charge in [-0.25, -0.2) is 4.98 Å². The normalized spacial score (nSPS) is 10.3. The zero-order chi connectivity index (χ0) is 13.7. The topological polar surface area (TPSA) is 34.1 Å². The largest absolute Gasteiger partial charge is 0.457 e. The molecule has 1 aromatic heterocycles. The van der Waals surface area contributed by atoms with Crippen molar-refractivity contribution < 1.29 is 4.74 Å². The van der Waals surface area contributed by atoms with Crippen LogP contribution in [0, 0.1) is 13.8 Å². The van der Waals surface area contributed by atoms with E-state index < -0.39 is 0 Å². The quantitative estimate of drug-likeness (QED) is 0.865. The molecule has 0 saturated carbocycles. The Morgan fingerprint density at radius 1 is 1.05 bits per heavy atom. The van der Waals surface area contributed by atoms with Crippen LogP contribution in [0.4, 0.5) is 5.82 Å². The Balaban J connectivity index is 2.11. The minimum atomic E-state index is 0.803. The van der Waals surface area contributed by atoms with Gasteiger partial charge in [0.05, 0.1) is 0 Å². The molecule has 0 unspecified atom stereocenters. The van der Waals surface area contributed by atoms with E-state index >= 15 is 0 Å². The van der Waals surface area contributed by atoms with Crippen molar-refractivity contribution >= 4 is 5.82 Å². The van der Waals surface area contributed by atoms with Crippen LogP contribution in [0.2, 0.25) is 0 Å². The fraction of sp³-hybridized carbons (Fsp3) is 0.312. The average Bonchev–Trinajstić information content (AvgIpc) is 2.41. The van der Waals surface area contributed by atoms with Crippen LogP contribution in [-0.2, 0) is 0 Å². The van der Waals surface area contributed by atoms with Crippen LogP contribution in [-0.4, -0.2) is 11.5 Å². The molecule has 3 heteroatoms. The predicted octanol–water partition coefficient (Wildman–Crippen LogP) is 4.31. The minimum absolute atomic E-state index is 0.803. The van der Waals surface area contributed by atoms with Crippen molar-refractivity contribution in [2.45, 2.75) is 27.2 Å². The first kappa shape index (κ1) is 13.4. The molecule has 2 rings (SSSR count). The number of hydrogen-bond acceptors (Lipinski definition) is 3. The standard InChI is InChI=1S/C16H20N2O/c1-4-8-17-16-11-15(7-9-18-16)19-14-6-5-12(2)13(3)10-14/h5-7,9-11H,4,8H2,1-3H3,(H,17,18). The summed E-state index contributed by atoms with van der Waals surface area (Å²) >= 11 is 0. The average molecular weight is 256 g/mol. The summed E-state index contributed by atoms with van der Waals surface area (Å²) in [7, 11) is 0. The monoisotopic (exact) mass is 256 g/mol. The number of ether oxygens (including phenoxy) is 1. The van der Waals surface area contributed by atoms with Crippen LogP contribution in [0.25, 0.3) is 0 Å². The van der Waals surface area contributed by atoms with Gasteiger partial charge in [0.1, 0.15) is 17.3 Å². The molecule has 0 atom stereocenters. The summed E-state index contributed by atoms with van der Waals surface area (Å²) in [5.74, 6) is 2.51. The van der Waals surface area contributed by atoms with Crippen LogP contribution in [0.3, 0.4) is 0 Å². The van der Waals surface area contributed by atoms with E-state index in [1.807, 2.05) is 18.2 Å². The summed E-state index contributed by atoms with van der Waals surface area (Å²) in [5, 5.41) is 3.25. The summed E-state index contributed by atoms with van der Waals surface area (Å²) in [5.41, 5.74) is 2.50. The molecule has 2 aromatic rings. The Morgan fingerprint density at radius 3 is 2.58 bits per heavy atom. The molecule has 1 N–H and O–H groups in total. The third-order valence-corrected chi connectivity index (χ3v) is 3.00. The zero-order valence-electron chi connectivity index (χ0n) is 11.7. The van der Waals surface area contributed by atoms with Gasteiger partial charge < -0.3 is 10.1 Å². The number of pyridine rings is 1. The van der Waals surface area contributed by atoms with Crippen LogP contribution in [0.1, 0.15) is 24.5 Å². The molecule has 1 aromatic carbocycles. The van der Waals surface area contributed by atoms with E-state index in [2.05, 4.69) is 43.2 Å². The van der Waals surface area contributed by atoms with Gasteiger partial charge in [0.25, 0.3) is 0 Å². The molecular weight excluding hydrogens is 236 g/mol. The molecule has 0 spiro atoms. The van der Waals surface area contributed by atoms with Gasteiger partial charge in [-0.1, -0.05) is 13.0 Å². The zero-order valence-corrected chi connectivity index (χ0v) is 11.7. The number of aromatic nitrogens is 1. The fourth-order valence-electron chi connectivity index (χ4n) is 1.74. The highest BCUT2D eigenvalue weighted by Gasteiger charge is 2.01. The molecule has 0 fully saturated rings. The van der Waals surface area contributed by atoms with Crippen LogP contribution in [0.15, 0.2) is 36.5 Å². The Morgan fingerprint density at radius 2 is 1.84 bits per heavy atom. The lowest BCUT2D eigenvalue weighted by Gasteiger charge is -2.09. The van der Waals surface area contributed by atoms with Crippen molar-refractivity contribution in [1.29, 1.82) is 0 Å². The van der Waals surface area contributed by atoms with Gasteiger partial charge in [-0.15, -0.1) is 0 Å². The van der Waals surface area contributed by atoms with Crippen molar-refractivity contribution in [3.05, 3.63) is 47.7 Å². The van der Waals surface area contributed by atoms with Crippen molar-refractivity contribution in [1.82, 2.24) is 4.98 Å². The molecule has 3 nitrogen and oxygen atoms in total. The summed E-state index contributed by atoms with van der Waals surface area (Å²) in [6.07, 6.45) is 2.83. The SMILES string of the molecule is CCCNc1cc(Oc2ccc(C)c(C)c2)ccn1. The molecule has 0 aliphatic heterocycles. The summed E-state index contributed by atoms with van der Waals surface area (Å²) < 4.78 is 5.85. The molecule has 0 aliphatic rings. The number of benzene rings is 1. The number of anilines is 1. The summed E-state index contributed by atoms with van der Waals surface area (Å²) in [6, 6.07) is 9.90. The molecule has 100 valence electrons. The van der Waals surface area contributed by atoms with Crippen LogP contribution >= 0.6 is 0 Å². The maximum Gasteiger partial charge on any atom is 0.132 e. The van der Waals surface area contributed by atoms with Gasteiger partial charge in [-0.2, -0.15) is 0 Å². The van der Waals surface area contributed by atoms with Crippen molar-refractivity contribution in [2.75, 3.05) is 11.9 Å². The lowest BCUT2D eigenvalue weighted by molar-refractivity contribution is 0.481. The highest BCUT2D eigenvalue weighted by Crippen LogP contribution is 2.24. The van der Waals surface area contributed by atoms with E-state index in [1.54, 1.807) is 6.20 Å². The third-order valence-electron chi connectivity index (χ3n) is 3.00. The van der Waals surface area contributed by atoms with Gasteiger partial charge in [0.2, 0.25) is 0 Å². The van der Waals surface area contributed by atoms with E-state index in [9.17, 15) is 0 Å². The van der Waals surface area contributed by atoms with E-state index in [1.165, 1.54) is 11.1 Å². The fourth-order valence-corrected chi connectivity index (χ4v) is 1.74. The molecular formula is C16H20N2O. The van der Waals surface area contributed by atoms with Crippen molar-refractivity contribution in [3.63, 3.8) is 0 Å². The first-order valence-corrected chi connectivity index (χ1v) is 6.64. The lowest BCUT2D eigenvalue weighted by atomic mass is 10.1. The molecule has 0 saturated heterocycles. The molecule has 0 aliphatic carbocycles. The molecule has 19 heavy (non-hydrogen) atoms.